The number of carboxylic acids is 1. The highest BCUT2D eigenvalue weighted by atomic mass is 16.5. The minimum absolute atomic E-state index is 0.0203. The van der Waals surface area contributed by atoms with Crippen molar-refractivity contribution in [3.8, 4) is 11.5 Å². The van der Waals surface area contributed by atoms with E-state index in [0.717, 1.165) is 12.8 Å². The normalized spacial score (nSPS) is 15.8. The van der Waals surface area contributed by atoms with Crippen LogP contribution in [0.25, 0.3) is 0 Å². The molecule has 1 aliphatic carbocycles. The molecule has 5 nitrogen and oxygen atoms in total. The number of hydrogen-bond acceptors (Lipinski definition) is 4. The number of methoxy groups -OCH3 is 1. The molecule has 5 heteroatoms. The number of carboxylic acid groups (broad SMARTS) is 1. The monoisotopic (exact) mass is 250 g/mol. The summed E-state index contributed by atoms with van der Waals surface area (Å²) in [5, 5.41) is 9.12. The van der Waals surface area contributed by atoms with Gasteiger partial charge in [-0.2, -0.15) is 0 Å². The van der Waals surface area contributed by atoms with Crippen LogP contribution in [0.3, 0.4) is 0 Å². The lowest BCUT2D eigenvalue weighted by Gasteiger charge is -2.17. The third kappa shape index (κ3) is 2.45. The molecule has 0 radical (unpaired) electrons. The zero-order chi connectivity index (χ0) is 13.1. The van der Waals surface area contributed by atoms with Crippen molar-refractivity contribution in [2.45, 2.75) is 18.9 Å². The van der Waals surface area contributed by atoms with Crippen molar-refractivity contribution < 1.29 is 24.2 Å². The smallest absolute Gasteiger partial charge is 0.345 e. The highest BCUT2D eigenvalue weighted by molar-refractivity contribution is 5.82. The Hall–Kier alpha value is -2.04. The van der Waals surface area contributed by atoms with Gasteiger partial charge in [0.2, 0.25) is 0 Å². The quantitative estimate of drug-likeness (QED) is 0.779. The molecule has 1 unspecified atom stereocenters. The Morgan fingerprint density at radius 2 is 2.22 bits per heavy atom. The number of ether oxygens (including phenoxy) is 2. The summed E-state index contributed by atoms with van der Waals surface area (Å²) in [4.78, 5) is 22.1. The highest BCUT2D eigenvalue weighted by Crippen LogP contribution is 2.38. The standard InChI is InChI=1S/C13H14O5/c1-17-10-4-2-3-9(7-14)11(10)18-12(13(15)16)8-5-6-8/h2-4,7-8,12H,5-6H2,1H3,(H,15,16). The van der Waals surface area contributed by atoms with Crippen LogP contribution in [0.15, 0.2) is 18.2 Å². The average Bonchev–Trinajstić information content (AvgIpc) is 3.19. The van der Waals surface area contributed by atoms with Gasteiger partial charge < -0.3 is 14.6 Å². The zero-order valence-electron chi connectivity index (χ0n) is 9.96. The van der Waals surface area contributed by atoms with E-state index in [1.54, 1.807) is 18.2 Å². The van der Waals surface area contributed by atoms with Gasteiger partial charge in [-0.15, -0.1) is 0 Å². The van der Waals surface area contributed by atoms with Crippen molar-refractivity contribution in [2.75, 3.05) is 7.11 Å². The lowest BCUT2D eigenvalue weighted by Crippen LogP contribution is -2.29. The molecule has 0 aliphatic heterocycles. The molecule has 18 heavy (non-hydrogen) atoms. The molecular weight excluding hydrogens is 236 g/mol. The lowest BCUT2D eigenvalue weighted by molar-refractivity contribution is -0.146. The van der Waals surface area contributed by atoms with Crippen molar-refractivity contribution in [2.24, 2.45) is 5.92 Å². The molecule has 0 spiro atoms. The molecular formula is C13H14O5. The van der Waals surface area contributed by atoms with Crippen LogP contribution in [0.5, 0.6) is 11.5 Å². The Labute approximate surface area is 104 Å². The van der Waals surface area contributed by atoms with E-state index in [2.05, 4.69) is 0 Å². The number of rotatable bonds is 6. The van der Waals surface area contributed by atoms with E-state index < -0.39 is 12.1 Å². The average molecular weight is 250 g/mol. The predicted molar refractivity (Wildman–Crippen MR) is 63.2 cm³/mol. The molecule has 0 bridgehead atoms. The summed E-state index contributed by atoms with van der Waals surface area (Å²) in [5.41, 5.74) is 0.293. The van der Waals surface area contributed by atoms with Crippen LogP contribution in [0.2, 0.25) is 0 Å². The summed E-state index contributed by atoms with van der Waals surface area (Å²) in [6, 6.07) is 4.85. The Morgan fingerprint density at radius 3 is 2.72 bits per heavy atom. The lowest BCUT2D eigenvalue weighted by atomic mass is 10.2. The van der Waals surface area contributed by atoms with Crippen molar-refractivity contribution in [3.63, 3.8) is 0 Å². The molecule has 1 atom stereocenters. The van der Waals surface area contributed by atoms with E-state index >= 15 is 0 Å². The number of carbonyl (C=O) groups is 2. The first-order valence-electron chi connectivity index (χ1n) is 5.69. The fourth-order valence-corrected chi connectivity index (χ4v) is 1.79. The van der Waals surface area contributed by atoms with Crippen LogP contribution in [0.1, 0.15) is 23.2 Å². The van der Waals surface area contributed by atoms with Crippen LogP contribution in [0.4, 0.5) is 0 Å². The summed E-state index contributed by atoms with van der Waals surface area (Å²) in [7, 11) is 1.45. The van der Waals surface area contributed by atoms with Crippen molar-refractivity contribution in [1.82, 2.24) is 0 Å². The largest absolute Gasteiger partial charge is 0.493 e. The minimum Gasteiger partial charge on any atom is -0.493 e. The Bertz CT molecular complexity index is 464. The molecule has 1 aromatic rings. The van der Waals surface area contributed by atoms with Gasteiger partial charge in [0.25, 0.3) is 0 Å². The third-order valence-corrected chi connectivity index (χ3v) is 2.89. The van der Waals surface area contributed by atoms with Crippen LogP contribution in [-0.4, -0.2) is 30.6 Å². The molecule has 96 valence electrons. The molecule has 2 rings (SSSR count). The van der Waals surface area contributed by atoms with E-state index in [1.165, 1.54) is 7.11 Å². The van der Waals surface area contributed by atoms with Crippen LogP contribution in [-0.2, 0) is 4.79 Å². The fourth-order valence-electron chi connectivity index (χ4n) is 1.79. The van der Waals surface area contributed by atoms with Crippen molar-refractivity contribution >= 4 is 12.3 Å². The SMILES string of the molecule is COc1cccc(C=O)c1OC(C(=O)O)C1CC1. The number of aliphatic carboxylic acids is 1. The van der Waals surface area contributed by atoms with Gasteiger partial charge in [-0.3, -0.25) is 4.79 Å². The van der Waals surface area contributed by atoms with Crippen LogP contribution >= 0.6 is 0 Å². The van der Waals surface area contributed by atoms with Gasteiger partial charge in [0.15, 0.2) is 23.9 Å². The Morgan fingerprint density at radius 1 is 1.50 bits per heavy atom. The van der Waals surface area contributed by atoms with Gasteiger partial charge in [0, 0.05) is 5.92 Å². The second-order valence-electron chi connectivity index (χ2n) is 4.21. The topological polar surface area (TPSA) is 72.8 Å². The first-order chi connectivity index (χ1) is 8.67. The van der Waals surface area contributed by atoms with Gasteiger partial charge in [0.05, 0.1) is 12.7 Å². The molecule has 0 amide bonds. The maximum absolute atomic E-state index is 11.1. The number of para-hydroxylation sites is 1. The predicted octanol–water partition coefficient (Wildman–Crippen LogP) is 1.75. The van der Waals surface area contributed by atoms with Gasteiger partial charge in [0.1, 0.15) is 0 Å². The molecule has 1 N–H and O–H groups in total. The number of hydrogen-bond donors (Lipinski definition) is 1. The minimum atomic E-state index is -1.01. The summed E-state index contributed by atoms with van der Waals surface area (Å²) in [5.74, 6) is -0.423. The van der Waals surface area contributed by atoms with Gasteiger partial charge in [-0.25, -0.2) is 4.79 Å². The molecule has 1 fully saturated rings. The second-order valence-corrected chi connectivity index (χ2v) is 4.21. The Balaban J connectivity index is 2.30. The summed E-state index contributed by atoms with van der Waals surface area (Å²) in [6.07, 6.45) is 1.38. The third-order valence-electron chi connectivity index (χ3n) is 2.89. The first-order valence-corrected chi connectivity index (χ1v) is 5.69. The number of carbonyl (C=O) groups excluding carboxylic acids is 1. The highest BCUT2D eigenvalue weighted by Gasteiger charge is 2.39. The fraction of sp³-hybridized carbons (Fsp3) is 0.385. The molecule has 1 aliphatic rings. The number of benzene rings is 1. The maximum atomic E-state index is 11.1. The molecule has 1 saturated carbocycles. The maximum Gasteiger partial charge on any atom is 0.345 e. The summed E-state index contributed by atoms with van der Waals surface area (Å²) >= 11 is 0. The van der Waals surface area contributed by atoms with Gasteiger partial charge in [-0.1, -0.05) is 6.07 Å². The number of aldehydes is 1. The second kappa shape index (κ2) is 5.08. The molecule has 0 saturated heterocycles. The van der Waals surface area contributed by atoms with E-state index in [0.29, 0.717) is 17.6 Å². The molecule has 0 heterocycles. The summed E-state index contributed by atoms with van der Waals surface area (Å²) in [6.45, 7) is 0. The zero-order valence-corrected chi connectivity index (χ0v) is 9.96. The Kier molecular flexibility index (Phi) is 3.50. The molecule has 1 aromatic carbocycles. The van der Waals surface area contributed by atoms with Crippen molar-refractivity contribution in [1.29, 1.82) is 0 Å². The van der Waals surface area contributed by atoms with Gasteiger partial charge in [-0.05, 0) is 25.0 Å². The van der Waals surface area contributed by atoms with Crippen molar-refractivity contribution in [3.05, 3.63) is 23.8 Å². The van der Waals surface area contributed by atoms with E-state index in [9.17, 15) is 9.59 Å². The van der Waals surface area contributed by atoms with E-state index in [-0.39, 0.29) is 11.7 Å². The van der Waals surface area contributed by atoms with Gasteiger partial charge >= 0.3 is 5.97 Å². The van der Waals surface area contributed by atoms with E-state index in [4.69, 9.17) is 14.6 Å². The van der Waals surface area contributed by atoms with E-state index in [1.807, 2.05) is 0 Å². The summed E-state index contributed by atoms with van der Waals surface area (Å²) < 4.78 is 10.6. The first kappa shape index (κ1) is 12.4. The van der Waals surface area contributed by atoms with Crippen LogP contribution < -0.4 is 9.47 Å². The van der Waals surface area contributed by atoms with Crippen LogP contribution in [0, 0.1) is 5.92 Å². The molecule has 0 aromatic heterocycles.